The molecule has 2 amide bonds. The van der Waals surface area contributed by atoms with Crippen molar-refractivity contribution in [2.45, 2.75) is 12.5 Å². The summed E-state index contributed by atoms with van der Waals surface area (Å²) >= 11 is 1.24. The number of primary amides is 1. The van der Waals surface area contributed by atoms with Gasteiger partial charge in [0.15, 0.2) is 6.10 Å². The number of aliphatic carboxylic acids is 1. The fourth-order valence-corrected chi connectivity index (χ4v) is 2.81. The number of carboxylic acid groups (broad SMARTS) is 1. The summed E-state index contributed by atoms with van der Waals surface area (Å²) in [6, 6.07) is 6.91. The molecule has 1 aliphatic rings. The van der Waals surface area contributed by atoms with Crippen molar-refractivity contribution in [2.75, 3.05) is 23.0 Å². The molecule has 1 aromatic carbocycles. The van der Waals surface area contributed by atoms with Crippen LogP contribution in [0.3, 0.4) is 0 Å². The topological polar surface area (TPSA) is 110 Å². The maximum Gasteiger partial charge on any atom is 0.304 e. The van der Waals surface area contributed by atoms with E-state index in [9.17, 15) is 14.4 Å². The standard InChI is InChI=1S/C14H16N2O5S/c15-14(20)11-7-16(9-3-1-2-4-10(9)21-11)12(17)8-22-6-5-13(18)19/h1-4,11H,5-8H2,(H2,15,20)(H,18,19)/t11-/m1/s1. The summed E-state index contributed by atoms with van der Waals surface area (Å²) in [5.74, 6) is -0.825. The number of para-hydroxylation sites is 2. The van der Waals surface area contributed by atoms with E-state index in [0.717, 1.165) is 0 Å². The van der Waals surface area contributed by atoms with Gasteiger partial charge in [0.2, 0.25) is 5.91 Å². The van der Waals surface area contributed by atoms with Crippen molar-refractivity contribution in [1.82, 2.24) is 0 Å². The molecule has 3 N–H and O–H groups in total. The molecule has 1 atom stereocenters. The number of hydrogen-bond acceptors (Lipinski definition) is 5. The van der Waals surface area contributed by atoms with Gasteiger partial charge in [0.05, 0.1) is 24.4 Å². The highest BCUT2D eigenvalue weighted by Crippen LogP contribution is 2.33. The van der Waals surface area contributed by atoms with E-state index in [0.29, 0.717) is 17.2 Å². The molecule has 2 rings (SSSR count). The minimum Gasteiger partial charge on any atom is -0.481 e. The predicted octanol–water partition coefficient (Wildman–Crippen LogP) is 0.474. The zero-order valence-corrected chi connectivity index (χ0v) is 12.5. The van der Waals surface area contributed by atoms with Crippen molar-refractivity contribution in [3.63, 3.8) is 0 Å². The monoisotopic (exact) mass is 324 g/mol. The lowest BCUT2D eigenvalue weighted by Gasteiger charge is -2.33. The van der Waals surface area contributed by atoms with Crippen molar-refractivity contribution in [3.8, 4) is 5.75 Å². The van der Waals surface area contributed by atoms with Gasteiger partial charge in [0.25, 0.3) is 5.91 Å². The Labute approximate surface area is 131 Å². The Hall–Kier alpha value is -2.22. The smallest absolute Gasteiger partial charge is 0.304 e. The average Bonchev–Trinajstić information content (AvgIpc) is 2.50. The van der Waals surface area contributed by atoms with Crippen LogP contribution in [0.1, 0.15) is 6.42 Å². The molecule has 0 aromatic heterocycles. The predicted molar refractivity (Wildman–Crippen MR) is 82.0 cm³/mol. The first-order valence-corrected chi connectivity index (χ1v) is 7.79. The lowest BCUT2D eigenvalue weighted by Crippen LogP contribution is -2.49. The van der Waals surface area contributed by atoms with Gasteiger partial charge in [-0.05, 0) is 12.1 Å². The Morgan fingerprint density at radius 3 is 2.77 bits per heavy atom. The molecule has 1 aliphatic heterocycles. The number of nitrogens with two attached hydrogens (primary N) is 1. The second kappa shape index (κ2) is 7.17. The number of carbonyl (C=O) groups is 3. The molecular weight excluding hydrogens is 308 g/mol. The molecule has 0 bridgehead atoms. The van der Waals surface area contributed by atoms with E-state index in [4.69, 9.17) is 15.6 Å². The molecule has 7 nitrogen and oxygen atoms in total. The largest absolute Gasteiger partial charge is 0.481 e. The van der Waals surface area contributed by atoms with Gasteiger partial charge in [-0.2, -0.15) is 11.8 Å². The maximum atomic E-state index is 12.3. The molecule has 0 radical (unpaired) electrons. The Kier molecular flexibility index (Phi) is 5.26. The number of fused-ring (bicyclic) bond motifs is 1. The third-order valence-corrected chi connectivity index (χ3v) is 4.02. The zero-order chi connectivity index (χ0) is 16.1. The van der Waals surface area contributed by atoms with Crippen LogP contribution in [0.25, 0.3) is 0 Å². The van der Waals surface area contributed by atoms with Gasteiger partial charge in [-0.15, -0.1) is 0 Å². The molecule has 0 saturated heterocycles. The molecule has 0 aliphatic carbocycles. The quantitative estimate of drug-likeness (QED) is 0.736. The summed E-state index contributed by atoms with van der Waals surface area (Å²) in [6.45, 7) is 0.0602. The molecule has 1 aromatic rings. The summed E-state index contributed by atoms with van der Waals surface area (Å²) in [5, 5.41) is 8.58. The van der Waals surface area contributed by atoms with Gasteiger partial charge in [-0.1, -0.05) is 12.1 Å². The van der Waals surface area contributed by atoms with E-state index in [1.807, 2.05) is 0 Å². The number of rotatable bonds is 6. The van der Waals surface area contributed by atoms with E-state index in [1.54, 1.807) is 24.3 Å². The maximum absolute atomic E-state index is 12.3. The first kappa shape index (κ1) is 16.2. The van der Waals surface area contributed by atoms with Crippen LogP contribution in [-0.4, -0.2) is 47.0 Å². The third kappa shape index (κ3) is 3.91. The van der Waals surface area contributed by atoms with E-state index >= 15 is 0 Å². The summed E-state index contributed by atoms with van der Waals surface area (Å²) in [7, 11) is 0. The highest BCUT2D eigenvalue weighted by atomic mass is 32.2. The number of benzene rings is 1. The van der Waals surface area contributed by atoms with Crippen LogP contribution in [0.15, 0.2) is 24.3 Å². The Bertz CT molecular complexity index is 592. The number of thioether (sulfide) groups is 1. The third-order valence-electron chi connectivity index (χ3n) is 3.08. The number of ether oxygens (including phenoxy) is 1. The van der Waals surface area contributed by atoms with Crippen LogP contribution in [0, 0.1) is 0 Å². The molecule has 118 valence electrons. The summed E-state index contributed by atoms with van der Waals surface area (Å²) in [6.07, 6.45) is -0.885. The zero-order valence-electron chi connectivity index (χ0n) is 11.7. The van der Waals surface area contributed by atoms with Crippen LogP contribution in [0.4, 0.5) is 5.69 Å². The number of hydrogen-bond donors (Lipinski definition) is 2. The van der Waals surface area contributed by atoms with Crippen molar-refractivity contribution in [1.29, 1.82) is 0 Å². The fraction of sp³-hybridized carbons (Fsp3) is 0.357. The average molecular weight is 324 g/mol. The molecule has 22 heavy (non-hydrogen) atoms. The minimum atomic E-state index is -0.898. The summed E-state index contributed by atoms with van der Waals surface area (Å²) < 4.78 is 5.48. The number of carboxylic acids is 1. The van der Waals surface area contributed by atoms with Gasteiger partial charge in [-0.25, -0.2) is 0 Å². The minimum absolute atomic E-state index is 0.00154. The highest BCUT2D eigenvalue weighted by molar-refractivity contribution is 7.99. The number of amides is 2. The summed E-state index contributed by atoms with van der Waals surface area (Å²) in [5.41, 5.74) is 5.86. The van der Waals surface area contributed by atoms with Crippen molar-refractivity contribution < 1.29 is 24.2 Å². The molecule has 8 heteroatoms. The normalized spacial score (nSPS) is 16.5. The van der Waals surface area contributed by atoms with Crippen LogP contribution in [-0.2, 0) is 14.4 Å². The highest BCUT2D eigenvalue weighted by Gasteiger charge is 2.32. The van der Waals surface area contributed by atoms with Crippen LogP contribution in [0.5, 0.6) is 5.75 Å². The molecule has 0 fully saturated rings. The number of anilines is 1. The van der Waals surface area contributed by atoms with Crippen LogP contribution < -0.4 is 15.4 Å². The van der Waals surface area contributed by atoms with Crippen molar-refractivity contribution in [2.24, 2.45) is 5.73 Å². The first-order valence-electron chi connectivity index (χ1n) is 6.64. The van der Waals surface area contributed by atoms with Gasteiger partial charge >= 0.3 is 5.97 Å². The van der Waals surface area contributed by atoms with Crippen molar-refractivity contribution >= 4 is 35.2 Å². The van der Waals surface area contributed by atoms with E-state index in [1.165, 1.54) is 16.7 Å². The lowest BCUT2D eigenvalue weighted by atomic mass is 10.2. The molecule has 0 saturated carbocycles. The van der Waals surface area contributed by atoms with Gasteiger partial charge in [0, 0.05) is 5.75 Å². The molecule has 1 heterocycles. The van der Waals surface area contributed by atoms with Crippen LogP contribution >= 0.6 is 11.8 Å². The SMILES string of the molecule is NC(=O)[C@H]1CN(C(=O)CSCCC(=O)O)c2ccccc2O1. The number of nitrogens with zero attached hydrogens (tertiary/aromatic N) is 1. The lowest BCUT2D eigenvalue weighted by molar-refractivity contribution is -0.136. The second-order valence-corrected chi connectivity index (χ2v) is 5.78. The first-order chi connectivity index (χ1) is 10.5. The molecule has 0 spiro atoms. The van der Waals surface area contributed by atoms with E-state index in [-0.39, 0.29) is 24.6 Å². The molecule has 0 unspecified atom stereocenters. The Morgan fingerprint density at radius 2 is 2.09 bits per heavy atom. The van der Waals surface area contributed by atoms with Gasteiger partial charge in [-0.3, -0.25) is 14.4 Å². The van der Waals surface area contributed by atoms with E-state index < -0.39 is 18.0 Å². The Morgan fingerprint density at radius 1 is 1.36 bits per heavy atom. The summed E-state index contributed by atoms with van der Waals surface area (Å²) in [4.78, 5) is 35.6. The Balaban J connectivity index is 2.06. The van der Waals surface area contributed by atoms with E-state index in [2.05, 4.69) is 0 Å². The van der Waals surface area contributed by atoms with Crippen LogP contribution in [0.2, 0.25) is 0 Å². The number of carbonyl (C=O) groups excluding carboxylic acids is 2. The van der Waals surface area contributed by atoms with Gasteiger partial charge < -0.3 is 20.5 Å². The van der Waals surface area contributed by atoms with Gasteiger partial charge in [0.1, 0.15) is 5.75 Å². The fourth-order valence-electron chi connectivity index (χ4n) is 2.02. The van der Waals surface area contributed by atoms with Crippen molar-refractivity contribution in [3.05, 3.63) is 24.3 Å². The second-order valence-electron chi connectivity index (χ2n) is 4.68. The molecular formula is C14H16N2O5S.